The van der Waals surface area contributed by atoms with Crippen LogP contribution < -0.4 is 10.6 Å². The van der Waals surface area contributed by atoms with E-state index in [1.54, 1.807) is 30.6 Å². The Morgan fingerprint density at radius 2 is 1.83 bits per heavy atom. The van der Waals surface area contributed by atoms with Gasteiger partial charge in [0, 0.05) is 31.0 Å². The maximum atomic E-state index is 13.0. The van der Waals surface area contributed by atoms with Gasteiger partial charge in [0.15, 0.2) is 0 Å². The third kappa shape index (κ3) is 3.94. The van der Waals surface area contributed by atoms with Crippen LogP contribution >= 0.6 is 11.3 Å². The smallest absolute Gasteiger partial charge is 0.262 e. The molecule has 0 aliphatic carbocycles. The molecule has 24 heavy (non-hydrogen) atoms. The summed E-state index contributed by atoms with van der Waals surface area (Å²) in [6, 6.07) is 9.71. The fourth-order valence-corrected chi connectivity index (χ4v) is 3.00. The molecule has 0 spiro atoms. The second kappa shape index (κ2) is 7.65. The SMILES string of the molecule is O=C(NCCNc1ncccn1)c1sccc1-c1ccc(F)cc1. The summed E-state index contributed by atoms with van der Waals surface area (Å²) in [6.07, 6.45) is 3.29. The van der Waals surface area contributed by atoms with Crippen molar-refractivity contribution in [3.63, 3.8) is 0 Å². The highest BCUT2D eigenvalue weighted by Crippen LogP contribution is 2.28. The lowest BCUT2D eigenvalue weighted by Crippen LogP contribution is -2.28. The van der Waals surface area contributed by atoms with Gasteiger partial charge in [-0.2, -0.15) is 0 Å². The van der Waals surface area contributed by atoms with E-state index < -0.39 is 0 Å². The van der Waals surface area contributed by atoms with Gasteiger partial charge in [-0.1, -0.05) is 12.1 Å². The summed E-state index contributed by atoms with van der Waals surface area (Å²) in [6.45, 7) is 0.963. The van der Waals surface area contributed by atoms with Crippen LogP contribution in [-0.4, -0.2) is 29.0 Å². The number of benzene rings is 1. The molecule has 3 aromatic rings. The summed E-state index contributed by atoms with van der Waals surface area (Å²) in [5, 5.41) is 7.73. The minimum atomic E-state index is -0.297. The summed E-state index contributed by atoms with van der Waals surface area (Å²) in [4.78, 5) is 21.0. The van der Waals surface area contributed by atoms with Gasteiger partial charge in [0.25, 0.3) is 5.91 Å². The standard InChI is InChI=1S/C17H15FN4OS/c18-13-4-2-12(3-5-13)14-6-11-24-15(14)16(23)19-9-10-22-17-20-7-1-8-21-17/h1-8,11H,9-10H2,(H,19,23)(H,20,21,22). The van der Waals surface area contributed by atoms with E-state index >= 15 is 0 Å². The van der Waals surface area contributed by atoms with Crippen LogP contribution in [0.4, 0.5) is 10.3 Å². The molecule has 5 nitrogen and oxygen atoms in total. The number of amides is 1. The largest absolute Gasteiger partial charge is 0.352 e. The molecule has 0 fully saturated rings. The van der Waals surface area contributed by atoms with E-state index in [9.17, 15) is 9.18 Å². The lowest BCUT2D eigenvalue weighted by atomic mass is 10.1. The lowest BCUT2D eigenvalue weighted by Gasteiger charge is -2.07. The van der Waals surface area contributed by atoms with Crippen LogP contribution in [0, 0.1) is 5.82 Å². The minimum Gasteiger partial charge on any atom is -0.352 e. The van der Waals surface area contributed by atoms with Crippen LogP contribution in [0.2, 0.25) is 0 Å². The predicted molar refractivity (Wildman–Crippen MR) is 92.6 cm³/mol. The number of thiophene rings is 1. The first-order chi connectivity index (χ1) is 11.7. The molecule has 0 aliphatic rings. The molecular formula is C17H15FN4OS. The van der Waals surface area contributed by atoms with Crippen molar-refractivity contribution in [3.05, 3.63) is 64.9 Å². The van der Waals surface area contributed by atoms with Gasteiger partial charge in [0.05, 0.1) is 4.88 Å². The maximum Gasteiger partial charge on any atom is 0.262 e. The van der Waals surface area contributed by atoms with Gasteiger partial charge >= 0.3 is 0 Å². The molecule has 1 amide bonds. The second-order valence-electron chi connectivity index (χ2n) is 4.93. The highest BCUT2D eigenvalue weighted by atomic mass is 32.1. The number of hydrogen-bond donors (Lipinski definition) is 2. The maximum absolute atomic E-state index is 13.0. The Labute approximate surface area is 142 Å². The number of carbonyl (C=O) groups is 1. The number of rotatable bonds is 6. The molecule has 0 bridgehead atoms. The summed E-state index contributed by atoms with van der Waals surface area (Å²) in [5.41, 5.74) is 1.62. The molecule has 0 radical (unpaired) electrons. The van der Waals surface area contributed by atoms with Crippen LogP contribution in [0.5, 0.6) is 0 Å². The zero-order valence-electron chi connectivity index (χ0n) is 12.7. The lowest BCUT2D eigenvalue weighted by molar-refractivity contribution is 0.0960. The monoisotopic (exact) mass is 342 g/mol. The Balaban J connectivity index is 1.58. The summed E-state index contributed by atoms with van der Waals surface area (Å²) < 4.78 is 13.0. The first-order valence-corrected chi connectivity index (χ1v) is 8.24. The molecule has 0 saturated carbocycles. The molecule has 3 rings (SSSR count). The average molecular weight is 342 g/mol. The Kier molecular flexibility index (Phi) is 5.12. The van der Waals surface area contributed by atoms with Crippen molar-refractivity contribution in [1.82, 2.24) is 15.3 Å². The van der Waals surface area contributed by atoms with Gasteiger partial charge in [0.1, 0.15) is 5.82 Å². The number of anilines is 1. The van der Waals surface area contributed by atoms with Gasteiger partial charge in [-0.05, 0) is 35.2 Å². The van der Waals surface area contributed by atoms with Crippen molar-refractivity contribution in [2.75, 3.05) is 18.4 Å². The quantitative estimate of drug-likeness (QED) is 0.675. The van der Waals surface area contributed by atoms with Crippen molar-refractivity contribution in [3.8, 4) is 11.1 Å². The highest BCUT2D eigenvalue weighted by Gasteiger charge is 2.14. The third-order valence-corrected chi connectivity index (χ3v) is 4.20. The first kappa shape index (κ1) is 16.1. The molecule has 0 unspecified atom stereocenters. The molecule has 7 heteroatoms. The fraction of sp³-hybridized carbons (Fsp3) is 0.118. The molecular weight excluding hydrogens is 327 g/mol. The summed E-state index contributed by atoms with van der Waals surface area (Å²) in [7, 11) is 0. The van der Waals surface area contributed by atoms with Gasteiger partial charge in [-0.25, -0.2) is 14.4 Å². The summed E-state index contributed by atoms with van der Waals surface area (Å²) >= 11 is 1.36. The molecule has 122 valence electrons. The van der Waals surface area contributed by atoms with Crippen LogP contribution in [0.1, 0.15) is 9.67 Å². The van der Waals surface area contributed by atoms with E-state index in [-0.39, 0.29) is 11.7 Å². The number of nitrogens with one attached hydrogen (secondary N) is 2. The number of hydrogen-bond acceptors (Lipinski definition) is 5. The van der Waals surface area contributed by atoms with E-state index in [0.717, 1.165) is 11.1 Å². The Morgan fingerprint density at radius 3 is 2.58 bits per heavy atom. The number of aromatic nitrogens is 2. The third-order valence-electron chi connectivity index (χ3n) is 3.29. The second-order valence-corrected chi connectivity index (χ2v) is 5.84. The van der Waals surface area contributed by atoms with Gasteiger partial charge < -0.3 is 10.6 Å². The van der Waals surface area contributed by atoms with Gasteiger partial charge in [-0.3, -0.25) is 4.79 Å². The van der Waals surface area contributed by atoms with Crippen molar-refractivity contribution in [2.24, 2.45) is 0 Å². The Bertz CT molecular complexity index is 805. The van der Waals surface area contributed by atoms with Crippen molar-refractivity contribution >= 4 is 23.2 Å². The van der Waals surface area contributed by atoms with Gasteiger partial charge in [0.2, 0.25) is 5.95 Å². The average Bonchev–Trinajstić information content (AvgIpc) is 3.10. The number of carbonyl (C=O) groups excluding carboxylic acids is 1. The Morgan fingerprint density at radius 1 is 1.08 bits per heavy atom. The van der Waals surface area contributed by atoms with Crippen molar-refractivity contribution in [1.29, 1.82) is 0 Å². The van der Waals surface area contributed by atoms with E-state index in [4.69, 9.17) is 0 Å². The topological polar surface area (TPSA) is 66.9 Å². The van der Waals surface area contributed by atoms with Crippen LogP contribution in [0.15, 0.2) is 54.2 Å². The van der Waals surface area contributed by atoms with E-state index in [0.29, 0.717) is 23.9 Å². The molecule has 2 N–H and O–H groups in total. The molecule has 2 heterocycles. The van der Waals surface area contributed by atoms with Crippen LogP contribution in [-0.2, 0) is 0 Å². The van der Waals surface area contributed by atoms with Crippen molar-refractivity contribution < 1.29 is 9.18 Å². The fourth-order valence-electron chi connectivity index (χ4n) is 2.16. The van der Waals surface area contributed by atoms with E-state index in [1.165, 1.54) is 23.5 Å². The molecule has 0 atom stereocenters. The van der Waals surface area contributed by atoms with Crippen LogP contribution in [0.3, 0.4) is 0 Å². The predicted octanol–water partition coefficient (Wildman–Crippen LogP) is 3.19. The molecule has 0 saturated heterocycles. The first-order valence-electron chi connectivity index (χ1n) is 7.36. The molecule has 2 aromatic heterocycles. The van der Waals surface area contributed by atoms with E-state index in [1.807, 2.05) is 11.4 Å². The molecule has 0 aliphatic heterocycles. The van der Waals surface area contributed by atoms with Crippen molar-refractivity contribution in [2.45, 2.75) is 0 Å². The van der Waals surface area contributed by atoms with Gasteiger partial charge in [-0.15, -0.1) is 11.3 Å². The van der Waals surface area contributed by atoms with E-state index in [2.05, 4.69) is 20.6 Å². The van der Waals surface area contributed by atoms with Crippen LogP contribution in [0.25, 0.3) is 11.1 Å². The number of nitrogens with zero attached hydrogens (tertiary/aromatic N) is 2. The minimum absolute atomic E-state index is 0.153. The zero-order valence-corrected chi connectivity index (χ0v) is 13.5. The normalized spacial score (nSPS) is 10.4. The highest BCUT2D eigenvalue weighted by molar-refractivity contribution is 7.12. The summed E-state index contributed by atoms with van der Waals surface area (Å²) in [5.74, 6) is 0.0733. The molecule has 1 aromatic carbocycles. The zero-order chi connectivity index (χ0) is 16.8. The number of halogens is 1. The Hall–Kier alpha value is -2.80.